The number of hydrogen-bond donors (Lipinski definition) is 3. The Morgan fingerprint density at radius 2 is 1.57 bits per heavy atom. The van der Waals surface area contributed by atoms with Crippen molar-refractivity contribution in [2.45, 2.75) is 37.8 Å². The highest BCUT2D eigenvalue weighted by Crippen LogP contribution is 2.39. The number of likely N-dealkylation sites (tertiary alicyclic amines) is 1. The van der Waals surface area contributed by atoms with Gasteiger partial charge in [-0.1, -0.05) is 6.07 Å². The van der Waals surface area contributed by atoms with Crippen molar-refractivity contribution in [1.82, 2.24) is 4.98 Å². The lowest BCUT2D eigenvalue weighted by atomic mass is 10.0. The van der Waals surface area contributed by atoms with Crippen LogP contribution in [0.1, 0.15) is 30.0 Å². The minimum Gasteiger partial charge on any atom is -0.542 e. The number of carbonyl (C=O) groups excluding carboxylic acids is 1. The molecule has 1 aliphatic heterocycles. The smallest absolute Gasteiger partial charge is 0.490 e. The van der Waals surface area contributed by atoms with E-state index in [0.717, 1.165) is 34.8 Å². The molecule has 0 spiro atoms. The van der Waals surface area contributed by atoms with Crippen LogP contribution in [0.3, 0.4) is 0 Å². The molecule has 2 aromatic heterocycles. The number of pyridine rings is 1. The second-order valence-electron chi connectivity index (χ2n) is 10.3. The first kappa shape index (κ1) is 38.0. The van der Waals surface area contributed by atoms with Crippen LogP contribution >= 0.6 is 0 Å². The maximum Gasteiger partial charge on any atom is 0.490 e. The normalized spacial score (nSPS) is 17.5. The first-order chi connectivity index (χ1) is 21.6. The van der Waals surface area contributed by atoms with Gasteiger partial charge in [0.1, 0.15) is 37.2 Å². The Morgan fingerprint density at radius 3 is 2.04 bits per heavy atom. The first-order valence-electron chi connectivity index (χ1n) is 13.2. The predicted octanol–water partition coefficient (Wildman–Crippen LogP) is 2.58. The molecule has 1 saturated heterocycles. The van der Waals surface area contributed by atoms with E-state index in [2.05, 4.69) is 18.1 Å². The van der Waals surface area contributed by atoms with Gasteiger partial charge in [-0.2, -0.15) is 26.3 Å². The molecule has 1 aromatic carbocycles. The number of alkyl halides is 6. The number of quaternary nitrogens is 1. The molecule has 3 N–H and O–H groups in total. The number of aromatic nitrogens is 1. The molecule has 0 aliphatic carbocycles. The Kier molecular flexibility index (Phi) is 12.4. The summed E-state index contributed by atoms with van der Waals surface area (Å²) in [4.78, 5) is 57.9. The summed E-state index contributed by atoms with van der Waals surface area (Å²) in [6.07, 6.45) is -4.52. The number of hydrogen-bond acceptors (Lipinski definition) is 9. The van der Waals surface area contributed by atoms with Crippen molar-refractivity contribution in [2.24, 2.45) is 0 Å². The molecule has 0 amide bonds. The topological polar surface area (TPSA) is 198 Å². The van der Waals surface area contributed by atoms with Gasteiger partial charge in [0.2, 0.25) is 0 Å². The van der Waals surface area contributed by atoms with Crippen molar-refractivity contribution in [3.63, 3.8) is 0 Å². The quantitative estimate of drug-likeness (QED) is 0.179. The number of rotatable bonds is 8. The lowest BCUT2D eigenvalue weighted by Gasteiger charge is -2.36. The number of carboxylic acids is 4. The van der Waals surface area contributed by atoms with Crippen LogP contribution in [0.5, 0.6) is 0 Å². The van der Waals surface area contributed by atoms with Crippen LogP contribution in [0.15, 0.2) is 58.0 Å². The molecule has 1 fully saturated rings. The van der Waals surface area contributed by atoms with Gasteiger partial charge in [0.05, 0.1) is 13.6 Å². The van der Waals surface area contributed by atoms with Crippen molar-refractivity contribution >= 4 is 40.5 Å². The van der Waals surface area contributed by atoms with Crippen LogP contribution in [0.4, 0.5) is 32.0 Å². The number of fused-ring (bicyclic) bond motifs is 1. The van der Waals surface area contributed by atoms with E-state index < -0.39 is 54.9 Å². The average Bonchev–Trinajstić information content (AvgIpc) is 3.32. The van der Waals surface area contributed by atoms with Gasteiger partial charge >= 0.3 is 35.9 Å². The predicted molar refractivity (Wildman–Crippen MR) is 146 cm³/mol. The number of carboxylic acid groups (broad SMARTS) is 4. The van der Waals surface area contributed by atoms with E-state index in [-0.39, 0.29) is 6.04 Å². The summed E-state index contributed by atoms with van der Waals surface area (Å²) in [7, 11) is 2.18. The van der Waals surface area contributed by atoms with Crippen molar-refractivity contribution in [3.05, 3.63) is 70.3 Å². The summed E-state index contributed by atoms with van der Waals surface area (Å²) in [6.45, 7) is 0.617. The summed E-state index contributed by atoms with van der Waals surface area (Å²) >= 11 is 0. The van der Waals surface area contributed by atoms with Gasteiger partial charge < -0.3 is 39.0 Å². The molecule has 13 nitrogen and oxygen atoms in total. The average molecular weight is 680 g/mol. The molecule has 1 aliphatic rings. The second kappa shape index (κ2) is 15.4. The maximum atomic E-state index is 12.4. The van der Waals surface area contributed by atoms with Crippen LogP contribution in [0, 0.1) is 0 Å². The first-order valence-corrected chi connectivity index (χ1v) is 13.2. The maximum absolute atomic E-state index is 12.4. The summed E-state index contributed by atoms with van der Waals surface area (Å²) in [6, 6.07) is 10.8. The molecule has 256 valence electrons. The third kappa shape index (κ3) is 11.3. The van der Waals surface area contributed by atoms with E-state index in [1.807, 2.05) is 12.3 Å². The standard InChI is InChI=1S/C24H25N3O6.2C2HF3O2/c1-27(9-3-5-20(27)16-4-2-8-25-12-16)15-17-10-24(32)33-21-11-18(6-7-19(17)21)26(13-22(28)29)14-23(30)31;2*3-2(4,5)1(6)7/h2,4,6-8,10-12,20H,3,5,9,13-15H2,1H3,(H-,28,29,30,31);2*(H,6,7)/t20-,27-;;/m0../s1. The van der Waals surface area contributed by atoms with Gasteiger partial charge in [0, 0.05) is 59.6 Å². The fourth-order valence-corrected chi connectivity index (χ4v) is 4.90. The Bertz CT molecular complexity index is 1610. The molecular formula is C28H27F6N3O10. The van der Waals surface area contributed by atoms with Gasteiger partial charge in [0.15, 0.2) is 0 Å². The number of benzene rings is 1. The zero-order valence-electron chi connectivity index (χ0n) is 24.2. The molecule has 0 bridgehead atoms. The Balaban J connectivity index is 0.000000459. The second-order valence-corrected chi connectivity index (χ2v) is 10.3. The molecule has 19 heteroatoms. The van der Waals surface area contributed by atoms with Gasteiger partial charge in [0.25, 0.3) is 0 Å². The van der Waals surface area contributed by atoms with Gasteiger partial charge in [-0.3, -0.25) is 14.6 Å². The van der Waals surface area contributed by atoms with Crippen molar-refractivity contribution in [3.8, 4) is 0 Å². The van der Waals surface area contributed by atoms with Crippen LogP contribution in [-0.2, 0) is 25.7 Å². The van der Waals surface area contributed by atoms with E-state index >= 15 is 0 Å². The van der Waals surface area contributed by atoms with Crippen molar-refractivity contribution in [2.75, 3.05) is 31.6 Å². The van der Waals surface area contributed by atoms with E-state index in [1.54, 1.807) is 18.3 Å². The molecule has 0 saturated carbocycles. The van der Waals surface area contributed by atoms with Crippen LogP contribution in [0.25, 0.3) is 11.0 Å². The molecule has 3 heterocycles. The number of carbonyl (C=O) groups is 4. The van der Waals surface area contributed by atoms with Crippen LogP contribution in [-0.4, -0.2) is 87.7 Å². The monoisotopic (exact) mass is 679 g/mol. The molecular weight excluding hydrogens is 652 g/mol. The lowest BCUT2D eigenvalue weighted by molar-refractivity contribution is -0.939. The van der Waals surface area contributed by atoms with Crippen molar-refractivity contribution in [1.29, 1.82) is 0 Å². The fraction of sp³-hybridized carbons (Fsp3) is 0.357. The Hall–Kier alpha value is -5.20. The Labute approximate surface area is 260 Å². The zero-order valence-corrected chi connectivity index (χ0v) is 24.2. The summed E-state index contributed by atoms with van der Waals surface area (Å²) in [5.41, 5.74) is 2.18. The number of nitrogens with zero attached hydrogens (tertiary/aromatic N) is 3. The van der Waals surface area contributed by atoms with Gasteiger partial charge in [-0.15, -0.1) is 0 Å². The minimum atomic E-state index is -5.19. The van der Waals surface area contributed by atoms with Gasteiger partial charge in [-0.05, 0) is 18.2 Å². The Morgan fingerprint density at radius 1 is 1.00 bits per heavy atom. The minimum absolute atomic E-state index is 0.266. The highest BCUT2D eigenvalue weighted by Gasteiger charge is 2.40. The summed E-state index contributed by atoms with van der Waals surface area (Å²) in [5, 5.41) is 35.0. The molecule has 2 atom stereocenters. The number of aliphatic carboxylic acids is 4. The zero-order chi connectivity index (χ0) is 35.7. The molecule has 3 aromatic rings. The van der Waals surface area contributed by atoms with E-state index in [1.165, 1.54) is 22.6 Å². The highest BCUT2D eigenvalue weighted by atomic mass is 19.4. The van der Waals surface area contributed by atoms with E-state index in [0.29, 0.717) is 17.8 Å². The third-order valence-corrected chi connectivity index (χ3v) is 6.80. The SMILES string of the molecule is C[N@@+]1(Cc2cc(=O)oc3cc(N(CC(=O)O)CC(=O)O)ccc23)CCC[C@H]1c1cccnc1.O=C(O)C(F)(F)F.O=C([O-])C(F)(F)F. The molecule has 47 heavy (non-hydrogen) atoms. The van der Waals surface area contributed by atoms with Gasteiger partial charge in [-0.25, -0.2) is 9.59 Å². The summed E-state index contributed by atoms with van der Waals surface area (Å²) in [5.74, 6) is -8.07. The molecule has 0 unspecified atom stereocenters. The highest BCUT2D eigenvalue weighted by molar-refractivity contribution is 5.86. The fourth-order valence-electron chi connectivity index (χ4n) is 4.90. The van der Waals surface area contributed by atoms with E-state index in [9.17, 15) is 40.7 Å². The lowest BCUT2D eigenvalue weighted by Crippen LogP contribution is -2.42. The third-order valence-electron chi connectivity index (χ3n) is 6.80. The van der Waals surface area contributed by atoms with Crippen LogP contribution < -0.4 is 15.6 Å². The van der Waals surface area contributed by atoms with Crippen molar-refractivity contribution < 1.29 is 74.8 Å². The number of anilines is 1. The van der Waals surface area contributed by atoms with Crippen LogP contribution in [0.2, 0.25) is 0 Å². The summed E-state index contributed by atoms with van der Waals surface area (Å²) < 4.78 is 69.4. The largest absolute Gasteiger partial charge is 0.542 e. The van der Waals surface area contributed by atoms with E-state index in [4.69, 9.17) is 34.4 Å². The molecule has 4 rings (SSSR count). The molecule has 0 radical (unpaired) electrons. The number of halogens is 6.